The molecular formula is C18H18FN3O2S. The second-order valence-electron chi connectivity index (χ2n) is 5.56. The Labute approximate surface area is 150 Å². The van der Waals surface area contributed by atoms with E-state index in [-0.39, 0.29) is 22.6 Å². The van der Waals surface area contributed by atoms with Crippen LogP contribution >= 0.6 is 12.2 Å². The molecule has 2 aromatic carbocycles. The van der Waals surface area contributed by atoms with Gasteiger partial charge in [0.25, 0.3) is 11.8 Å². The van der Waals surface area contributed by atoms with Gasteiger partial charge in [0, 0.05) is 6.04 Å². The van der Waals surface area contributed by atoms with Crippen LogP contribution in [0.5, 0.6) is 0 Å². The van der Waals surface area contributed by atoms with E-state index in [0.717, 1.165) is 0 Å². The maximum absolute atomic E-state index is 13.6. The molecule has 2 rings (SSSR count). The number of amides is 2. The first-order valence-electron chi connectivity index (χ1n) is 7.65. The Morgan fingerprint density at radius 1 is 0.960 bits per heavy atom. The summed E-state index contributed by atoms with van der Waals surface area (Å²) in [6, 6.07) is 12.3. The van der Waals surface area contributed by atoms with E-state index in [1.54, 1.807) is 30.3 Å². The van der Waals surface area contributed by atoms with Crippen molar-refractivity contribution in [3.05, 3.63) is 65.5 Å². The van der Waals surface area contributed by atoms with Crippen molar-refractivity contribution in [2.45, 2.75) is 19.9 Å². The van der Waals surface area contributed by atoms with Gasteiger partial charge in [-0.3, -0.25) is 14.9 Å². The maximum Gasteiger partial charge on any atom is 0.260 e. The van der Waals surface area contributed by atoms with Crippen LogP contribution in [0.25, 0.3) is 0 Å². The minimum absolute atomic E-state index is 0.0201. The molecule has 5 nitrogen and oxygen atoms in total. The fraction of sp³-hybridized carbons (Fsp3) is 0.167. The third kappa shape index (κ3) is 5.09. The van der Waals surface area contributed by atoms with Crippen molar-refractivity contribution >= 4 is 34.8 Å². The Morgan fingerprint density at radius 2 is 1.56 bits per heavy atom. The molecule has 0 fully saturated rings. The molecule has 0 radical (unpaired) electrons. The lowest BCUT2D eigenvalue weighted by Gasteiger charge is -2.14. The third-order valence-corrected chi connectivity index (χ3v) is 3.39. The second-order valence-corrected chi connectivity index (χ2v) is 5.97. The number of halogens is 1. The lowest BCUT2D eigenvalue weighted by atomic mass is 10.1. The molecule has 0 bridgehead atoms. The predicted molar refractivity (Wildman–Crippen MR) is 99.1 cm³/mol. The number of anilines is 1. The molecule has 0 aliphatic heterocycles. The largest absolute Gasteiger partial charge is 0.350 e. The molecule has 3 N–H and O–H groups in total. The van der Waals surface area contributed by atoms with Gasteiger partial charge >= 0.3 is 0 Å². The highest BCUT2D eigenvalue weighted by molar-refractivity contribution is 7.80. The van der Waals surface area contributed by atoms with E-state index < -0.39 is 11.7 Å². The van der Waals surface area contributed by atoms with Crippen molar-refractivity contribution in [3.63, 3.8) is 0 Å². The van der Waals surface area contributed by atoms with Crippen LogP contribution in [0, 0.1) is 5.82 Å². The summed E-state index contributed by atoms with van der Waals surface area (Å²) >= 11 is 5.09. The highest BCUT2D eigenvalue weighted by atomic mass is 32.1. The zero-order valence-electron chi connectivity index (χ0n) is 13.8. The van der Waals surface area contributed by atoms with Crippen molar-refractivity contribution in [1.82, 2.24) is 10.6 Å². The molecule has 0 heterocycles. The maximum atomic E-state index is 13.6. The Hall–Kier alpha value is -2.80. The molecule has 2 aromatic rings. The van der Waals surface area contributed by atoms with E-state index in [4.69, 9.17) is 12.2 Å². The summed E-state index contributed by atoms with van der Waals surface area (Å²) in [6.45, 7) is 3.71. The number of nitrogens with one attached hydrogen (secondary N) is 3. The summed E-state index contributed by atoms with van der Waals surface area (Å²) in [7, 11) is 0. The first kappa shape index (κ1) is 18.5. The van der Waals surface area contributed by atoms with Gasteiger partial charge in [0.15, 0.2) is 5.11 Å². The third-order valence-electron chi connectivity index (χ3n) is 3.19. The lowest BCUT2D eigenvalue weighted by molar-refractivity contribution is 0.0942. The van der Waals surface area contributed by atoms with Crippen LogP contribution in [-0.4, -0.2) is 23.0 Å². The standard InChI is InChI=1S/C18H18FN3O2S/c1-11(2)20-17(24)13-8-4-6-10-15(13)21-18(25)22-16(23)12-7-3-5-9-14(12)19/h3-11H,1-2H3,(H,20,24)(H2,21,22,23,25). The van der Waals surface area contributed by atoms with Gasteiger partial charge in [-0.05, 0) is 50.3 Å². The Balaban J connectivity index is 2.10. The quantitative estimate of drug-likeness (QED) is 0.734. The summed E-state index contributed by atoms with van der Waals surface area (Å²) < 4.78 is 13.6. The van der Waals surface area contributed by atoms with Crippen molar-refractivity contribution in [1.29, 1.82) is 0 Å². The summed E-state index contributed by atoms with van der Waals surface area (Å²) in [4.78, 5) is 24.3. The molecule has 0 aliphatic rings. The van der Waals surface area contributed by atoms with Gasteiger partial charge in [0.05, 0.1) is 16.8 Å². The van der Waals surface area contributed by atoms with Gasteiger partial charge < -0.3 is 10.6 Å². The molecular weight excluding hydrogens is 341 g/mol. The van der Waals surface area contributed by atoms with Crippen molar-refractivity contribution in [2.75, 3.05) is 5.32 Å². The Morgan fingerprint density at radius 3 is 2.20 bits per heavy atom. The Bertz CT molecular complexity index is 808. The number of carbonyl (C=O) groups is 2. The molecule has 25 heavy (non-hydrogen) atoms. The molecule has 7 heteroatoms. The number of carbonyl (C=O) groups excluding carboxylic acids is 2. The summed E-state index contributed by atoms with van der Waals surface area (Å²) in [5.74, 6) is -1.57. The lowest BCUT2D eigenvalue weighted by Crippen LogP contribution is -2.36. The monoisotopic (exact) mass is 359 g/mol. The molecule has 0 spiro atoms. The van der Waals surface area contributed by atoms with E-state index in [0.29, 0.717) is 11.3 Å². The van der Waals surface area contributed by atoms with Crippen LogP contribution in [0.3, 0.4) is 0 Å². The SMILES string of the molecule is CC(C)NC(=O)c1ccccc1NC(=S)NC(=O)c1ccccc1F. The second kappa shape index (κ2) is 8.34. The van der Waals surface area contributed by atoms with E-state index >= 15 is 0 Å². The fourth-order valence-corrected chi connectivity index (χ4v) is 2.30. The van der Waals surface area contributed by atoms with Gasteiger partial charge in [-0.2, -0.15) is 0 Å². The molecule has 0 saturated heterocycles. The van der Waals surface area contributed by atoms with Gasteiger partial charge in [-0.15, -0.1) is 0 Å². The number of hydrogen-bond donors (Lipinski definition) is 3. The summed E-state index contributed by atoms with van der Waals surface area (Å²) in [5, 5.41) is 7.96. The average molecular weight is 359 g/mol. The van der Waals surface area contributed by atoms with Gasteiger partial charge in [-0.1, -0.05) is 24.3 Å². The zero-order valence-corrected chi connectivity index (χ0v) is 14.6. The topological polar surface area (TPSA) is 70.2 Å². The number of rotatable bonds is 4. The zero-order chi connectivity index (χ0) is 18.4. The molecule has 130 valence electrons. The van der Waals surface area contributed by atoms with Crippen molar-refractivity contribution in [3.8, 4) is 0 Å². The number of benzene rings is 2. The number of para-hydroxylation sites is 1. The number of hydrogen-bond acceptors (Lipinski definition) is 3. The van der Waals surface area contributed by atoms with Crippen LogP contribution in [0.1, 0.15) is 34.6 Å². The smallest absolute Gasteiger partial charge is 0.260 e. The van der Waals surface area contributed by atoms with Gasteiger partial charge in [0.1, 0.15) is 5.82 Å². The average Bonchev–Trinajstić information content (AvgIpc) is 2.54. The molecule has 2 amide bonds. The van der Waals surface area contributed by atoms with Crippen LogP contribution in [0.15, 0.2) is 48.5 Å². The molecule has 0 atom stereocenters. The van der Waals surface area contributed by atoms with Crippen LogP contribution in [0.2, 0.25) is 0 Å². The van der Waals surface area contributed by atoms with Crippen LogP contribution in [0.4, 0.5) is 10.1 Å². The molecule has 0 aromatic heterocycles. The Kier molecular flexibility index (Phi) is 6.19. The molecule has 0 aliphatic carbocycles. The summed E-state index contributed by atoms with van der Waals surface area (Å²) in [5.41, 5.74) is 0.718. The van der Waals surface area contributed by atoms with E-state index in [9.17, 15) is 14.0 Å². The highest BCUT2D eigenvalue weighted by Gasteiger charge is 2.15. The first-order chi connectivity index (χ1) is 11.9. The first-order valence-corrected chi connectivity index (χ1v) is 8.06. The van der Waals surface area contributed by atoms with E-state index in [1.165, 1.54) is 18.2 Å². The minimum Gasteiger partial charge on any atom is -0.350 e. The molecule has 0 saturated carbocycles. The number of thiocarbonyl (C=S) groups is 1. The normalized spacial score (nSPS) is 10.2. The van der Waals surface area contributed by atoms with E-state index in [2.05, 4.69) is 16.0 Å². The van der Waals surface area contributed by atoms with Crippen molar-refractivity contribution in [2.24, 2.45) is 0 Å². The van der Waals surface area contributed by atoms with Crippen LogP contribution in [-0.2, 0) is 0 Å². The predicted octanol–water partition coefficient (Wildman–Crippen LogP) is 3.09. The van der Waals surface area contributed by atoms with Gasteiger partial charge in [0.2, 0.25) is 0 Å². The van der Waals surface area contributed by atoms with Crippen LogP contribution < -0.4 is 16.0 Å². The van der Waals surface area contributed by atoms with Gasteiger partial charge in [-0.25, -0.2) is 4.39 Å². The minimum atomic E-state index is -0.667. The van der Waals surface area contributed by atoms with E-state index in [1.807, 2.05) is 13.8 Å². The summed E-state index contributed by atoms with van der Waals surface area (Å²) in [6.07, 6.45) is 0. The molecule has 0 unspecified atom stereocenters. The fourth-order valence-electron chi connectivity index (χ4n) is 2.10. The van der Waals surface area contributed by atoms with Crippen molar-refractivity contribution < 1.29 is 14.0 Å². The highest BCUT2D eigenvalue weighted by Crippen LogP contribution is 2.15.